The van der Waals surface area contributed by atoms with Crippen molar-refractivity contribution in [3.05, 3.63) is 35.4 Å². The van der Waals surface area contributed by atoms with E-state index in [0.29, 0.717) is 12.6 Å². The Hall–Kier alpha value is -1.59. The zero-order valence-corrected chi connectivity index (χ0v) is 15.3. The highest BCUT2D eigenvalue weighted by atomic mass is 16.5. The van der Waals surface area contributed by atoms with Crippen LogP contribution in [0.3, 0.4) is 0 Å². The van der Waals surface area contributed by atoms with Crippen molar-refractivity contribution in [2.24, 2.45) is 0 Å². The second-order valence-electron chi connectivity index (χ2n) is 7.17. The van der Waals surface area contributed by atoms with Crippen molar-refractivity contribution in [3.63, 3.8) is 0 Å². The summed E-state index contributed by atoms with van der Waals surface area (Å²) < 4.78 is 5.40. The number of carbonyl (C=O) groups excluding carboxylic acids is 1. The number of fused-ring (bicyclic) bond motifs is 1. The minimum atomic E-state index is -0.0477. The average molecular weight is 345 g/mol. The molecule has 1 fully saturated rings. The lowest BCUT2D eigenvalue weighted by atomic mass is 9.99. The predicted molar refractivity (Wildman–Crippen MR) is 99.7 cm³/mol. The van der Waals surface area contributed by atoms with Crippen molar-refractivity contribution in [1.82, 2.24) is 15.5 Å². The van der Waals surface area contributed by atoms with Crippen LogP contribution < -0.4 is 10.6 Å². The van der Waals surface area contributed by atoms with E-state index in [1.165, 1.54) is 17.5 Å². The molecular weight excluding hydrogens is 314 g/mol. The molecule has 138 valence electrons. The van der Waals surface area contributed by atoms with Crippen LogP contribution in [-0.2, 0) is 11.2 Å². The number of carbonyl (C=O) groups is 1. The second-order valence-corrected chi connectivity index (χ2v) is 7.17. The monoisotopic (exact) mass is 345 g/mol. The maximum atomic E-state index is 12.3. The molecule has 1 heterocycles. The minimum absolute atomic E-state index is 0.0477. The number of aryl methyl sites for hydroxylation is 1. The van der Waals surface area contributed by atoms with Gasteiger partial charge in [0.2, 0.25) is 0 Å². The lowest BCUT2D eigenvalue weighted by molar-refractivity contribution is 0.0416. The Kier molecular flexibility index (Phi) is 6.70. The summed E-state index contributed by atoms with van der Waals surface area (Å²) in [5.74, 6) is 0. The summed E-state index contributed by atoms with van der Waals surface area (Å²) >= 11 is 0. The van der Waals surface area contributed by atoms with Gasteiger partial charge in [0.05, 0.1) is 12.1 Å². The molecule has 0 radical (unpaired) electrons. The van der Waals surface area contributed by atoms with E-state index in [-0.39, 0.29) is 12.1 Å². The van der Waals surface area contributed by atoms with Crippen LogP contribution in [0.15, 0.2) is 24.3 Å². The molecule has 1 aliphatic carbocycles. The number of urea groups is 1. The quantitative estimate of drug-likeness (QED) is 0.807. The molecule has 0 spiro atoms. The van der Waals surface area contributed by atoms with Gasteiger partial charge in [0.25, 0.3) is 0 Å². The fourth-order valence-corrected chi connectivity index (χ4v) is 3.98. The SMILES string of the molecule is COC1CCN(CCNC(=O)N[C@H]2CCCCc3ccccc32)CC1. The first kappa shape index (κ1) is 18.2. The van der Waals surface area contributed by atoms with Crippen LogP contribution in [0.2, 0.25) is 0 Å². The van der Waals surface area contributed by atoms with E-state index in [0.717, 1.165) is 51.7 Å². The normalized spacial score (nSPS) is 22.0. The summed E-state index contributed by atoms with van der Waals surface area (Å²) in [6, 6.07) is 8.60. The first-order valence-corrected chi connectivity index (χ1v) is 9.63. The van der Waals surface area contributed by atoms with E-state index < -0.39 is 0 Å². The van der Waals surface area contributed by atoms with Gasteiger partial charge in [0.1, 0.15) is 0 Å². The number of ether oxygens (including phenoxy) is 1. The molecule has 25 heavy (non-hydrogen) atoms. The van der Waals surface area contributed by atoms with E-state index in [9.17, 15) is 4.79 Å². The van der Waals surface area contributed by atoms with Gasteiger partial charge in [-0.1, -0.05) is 30.7 Å². The maximum absolute atomic E-state index is 12.3. The molecule has 1 aromatic carbocycles. The van der Waals surface area contributed by atoms with Gasteiger partial charge in [-0.2, -0.15) is 0 Å². The molecule has 1 aliphatic heterocycles. The maximum Gasteiger partial charge on any atom is 0.315 e. The lowest BCUT2D eigenvalue weighted by Gasteiger charge is -2.31. The molecule has 0 unspecified atom stereocenters. The summed E-state index contributed by atoms with van der Waals surface area (Å²) in [6.45, 7) is 3.71. The largest absolute Gasteiger partial charge is 0.381 e. The Morgan fingerprint density at radius 1 is 1.20 bits per heavy atom. The zero-order valence-electron chi connectivity index (χ0n) is 15.3. The number of piperidine rings is 1. The summed E-state index contributed by atoms with van der Waals surface area (Å²) in [4.78, 5) is 14.7. The number of hydrogen-bond acceptors (Lipinski definition) is 3. The summed E-state index contributed by atoms with van der Waals surface area (Å²) in [5.41, 5.74) is 2.67. The van der Waals surface area contributed by atoms with Gasteiger partial charge in [-0.25, -0.2) is 4.79 Å². The predicted octanol–water partition coefficient (Wildman–Crippen LogP) is 2.86. The second kappa shape index (κ2) is 9.20. The molecule has 3 rings (SSSR count). The molecule has 0 saturated carbocycles. The van der Waals surface area contributed by atoms with E-state index in [1.807, 2.05) is 0 Å². The molecule has 2 N–H and O–H groups in total. The number of rotatable bonds is 5. The first-order chi connectivity index (χ1) is 12.3. The van der Waals surface area contributed by atoms with Gasteiger partial charge < -0.3 is 20.3 Å². The number of likely N-dealkylation sites (tertiary alicyclic amines) is 1. The molecular formula is C20H31N3O2. The third-order valence-corrected chi connectivity index (χ3v) is 5.51. The highest BCUT2D eigenvalue weighted by molar-refractivity contribution is 5.74. The molecule has 5 heteroatoms. The van der Waals surface area contributed by atoms with E-state index in [1.54, 1.807) is 7.11 Å². The molecule has 2 aliphatic rings. The lowest BCUT2D eigenvalue weighted by Crippen LogP contribution is -2.44. The summed E-state index contributed by atoms with van der Waals surface area (Å²) in [5, 5.41) is 6.21. The van der Waals surface area contributed by atoms with Gasteiger partial charge in [0.15, 0.2) is 0 Å². The van der Waals surface area contributed by atoms with Crippen molar-refractivity contribution in [2.45, 2.75) is 50.7 Å². The number of nitrogens with zero attached hydrogens (tertiary/aromatic N) is 1. The molecule has 0 aromatic heterocycles. The Bertz CT molecular complexity index is 556. The van der Waals surface area contributed by atoms with Gasteiger partial charge in [0, 0.05) is 33.3 Å². The van der Waals surface area contributed by atoms with Gasteiger partial charge in [-0.3, -0.25) is 0 Å². The highest BCUT2D eigenvalue weighted by Crippen LogP contribution is 2.28. The third-order valence-electron chi connectivity index (χ3n) is 5.51. The van der Waals surface area contributed by atoms with Crippen molar-refractivity contribution >= 4 is 6.03 Å². The zero-order chi connectivity index (χ0) is 17.5. The fourth-order valence-electron chi connectivity index (χ4n) is 3.98. The van der Waals surface area contributed by atoms with Crippen molar-refractivity contribution in [1.29, 1.82) is 0 Å². The fraction of sp³-hybridized carbons (Fsp3) is 0.650. The van der Waals surface area contributed by atoms with E-state index >= 15 is 0 Å². The number of hydrogen-bond donors (Lipinski definition) is 2. The van der Waals surface area contributed by atoms with Crippen LogP contribution in [0.4, 0.5) is 4.79 Å². The van der Waals surface area contributed by atoms with Crippen LogP contribution >= 0.6 is 0 Å². The van der Waals surface area contributed by atoms with Gasteiger partial charge >= 0.3 is 6.03 Å². The van der Waals surface area contributed by atoms with Crippen molar-refractivity contribution in [2.75, 3.05) is 33.3 Å². The molecule has 1 saturated heterocycles. The van der Waals surface area contributed by atoms with Crippen LogP contribution in [0, 0.1) is 0 Å². The van der Waals surface area contributed by atoms with E-state index in [4.69, 9.17) is 4.74 Å². The average Bonchev–Trinajstić information content (AvgIpc) is 2.85. The van der Waals surface area contributed by atoms with E-state index in [2.05, 4.69) is 39.8 Å². The Morgan fingerprint density at radius 2 is 2.00 bits per heavy atom. The van der Waals surface area contributed by atoms with Crippen molar-refractivity contribution < 1.29 is 9.53 Å². The van der Waals surface area contributed by atoms with Crippen LogP contribution in [0.25, 0.3) is 0 Å². The topological polar surface area (TPSA) is 53.6 Å². The molecule has 0 bridgehead atoms. The Balaban J connectivity index is 1.42. The smallest absolute Gasteiger partial charge is 0.315 e. The minimum Gasteiger partial charge on any atom is -0.381 e. The number of benzene rings is 1. The van der Waals surface area contributed by atoms with Gasteiger partial charge in [-0.15, -0.1) is 0 Å². The van der Waals surface area contributed by atoms with Crippen molar-refractivity contribution in [3.8, 4) is 0 Å². The summed E-state index contributed by atoms with van der Waals surface area (Å²) in [7, 11) is 1.79. The van der Waals surface area contributed by atoms with Crippen LogP contribution in [0.5, 0.6) is 0 Å². The first-order valence-electron chi connectivity index (χ1n) is 9.63. The third kappa shape index (κ3) is 5.19. The molecule has 2 amide bonds. The molecule has 1 aromatic rings. The van der Waals surface area contributed by atoms with Crippen LogP contribution in [0.1, 0.15) is 49.3 Å². The number of amides is 2. The van der Waals surface area contributed by atoms with Crippen LogP contribution in [-0.4, -0.2) is 50.3 Å². The Morgan fingerprint density at radius 3 is 2.80 bits per heavy atom. The summed E-state index contributed by atoms with van der Waals surface area (Å²) in [6.07, 6.45) is 7.08. The molecule has 5 nitrogen and oxygen atoms in total. The number of nitrogens with one attached hydrogen (secondary N) is 2. The number of methoxy groups -OCH3 is 1. The highest BCUT2D eigenvalue weighted by Gasteiger charge is 2.21. The standard InChI is InChI=1S/C20H31N3O2/c1-25-17-10-13-23(14-11-17)15-12-21-20(24)22-19-9-5-3-7-16-6-2-4-8-18(16)19/h2,4,6,8,17,19H,3,5,7,9-15H2,1H3,(H2,21,22,24)/t19-/m0/s1. The molecule has 1 atom stereocenters. The Labute approximate surface area is 151 Å². The van der Waals surface area contributed by atoms with Gasteiger partial charge in [-0.05, 0) is 43.2 Å².